The molecular formula is C21H21N5O3. The van der Waals surface area contributed by atoms with Gasteiger partial charge in [-0.3, -0.25) is 14.5 Å². The monoisotopic (exact) mass is 391 g/mol. The van der Waals surface area contributed by atoms with Gasteiger partial charge in [-0.2, -0.15) is 5.10 Å². The molecule has 29 heavy (non-hydrogen) atoms. The Morgan fingerprint density at radius 3 is 2.59 bits per heavy atom. The molecule has 0 bridgehead atoms. The second-order valence-corrected chi connectivity index (χ2v) is 6.76. The third-order valence-corrected chi connectivity index (χ3v) is 4.96. The summed E-state index contributed by atoms with van der Waals surface area (Å²) in [5.74, 6) is 0.997. The zero-order chi connectivity index (χ0) is 20.4. The zero-order valence-electron chi connectivity index (χ0n) is 16.3. The Bertz CT molecular complexity index is 1100. The molecule has 2 aromatic carbocycles. The summed E-state index contributed by atoms with van der Waals surface area (Å²) in [5, 5.41) is 3.97. The highest BCUT2D eigenvalue weighted by atomic mass is 16.5. The maximum atomic E-state index is 13.3. The number of para-hydroxylation sites is 2. The lowest BCUT2D eigenvalue weighted by Gasteiger charge is -2.24. The van der Waals surface area contributed by atoms with E-state index in [-0.39, 0.29) is 24.8 Å². The number of rotatable bonds is 5. The van der Waals surface area contributed by atoms with Crippen LogP contribution >= 0.6 is 0 Å². The Labute approximate surface area is 167 Å². The SMILES string of the molecule is COc1ccc(N(Cc2nc3ccccc3n2C)C(=O)C2=NNC(=O)CC2)cc1. The summed E-state index contributed by atoms with van der Waals surface area (Å²) in [6, 6.07) is 15.1. The van der Waals surface area contributed by atoms with Gasteiger partial charge in [-0.05, 0) is 36.4 Å². The van der Waals surface area contributed by atoms with Crippen molar-refractivity contribution in [2.24, 2.45) is 12.1 Å². The van der Waals surface area contributed by atoms with Crippen molar-refractivity contribution >= 4 is 34.2 Å². The third-order valence-electron chi connectivity index (χ3n) is 4.96. The zero-order valence-corrected chi connectivity index (χ0v) is 16.3. The van der Waals surface area contributed by atoms with Crippen LogP contribution in [-0.2, 0) is 23.2 Å². The average Bonchev–Trinajstić information content (AvgIpc) is 3.08. The maximum absolute atomic E-state index is 13.3. The number of carbonyl (C=O) groups is 2. The van der Waals surface area contributed by atoms with Crippen LogP contribution in [0.4, 0.5) is 5.69 Å². The van der Waals surface area contributed by atoms with Gasteiger partial charge in [-0.15, -0.1) is 0 Å². The molecule has 0 fully saturated rings. The van der Waals surface area contributed by atoms with Crippen molar-refractivity contribution in [2.45, 2.75) is 19.4 Å². The normalized spacial score (nSPS) is 13.7. The van der Waals surface area contributed by atoms with E-state index >= 15 is 0 Å². The first-order valence-electron chi connectivity index (χ1n) is 9.28. The molecule has 0 spiro atoms. The molecule has 148 valence electrons. The summed E-state index contributed by atoms with van der Waals surface area (Å²) < 4.78 is 7.20. The second-order valence-electron chi connectivity index (χ2n) is 6.76. The number of ether oxygens (including phenoxy) is 1. The van der Waals surface area contributed by atoms with E-state index in [0.29, 0.717) is 23.6 Å². The van der Waals surface area contributed by atoms with E-state index in [4.69, 9.17) is 4.74 Å². The minimum atomic E-state index is -0.262. The predicted molar refractivity (Wildman–Crippen MR) is 110 cm³/mol. The Morgan fingerprint density at radius 2 is 1.93 bits per heavy atom. The molecule has 2 amide bonds. The average molecular weight is 391 g/mol. The molecule has 1 aliphatic heterocycles. The van der Waals surface area contributed by atoms with Crippen molar-refractivity contribution in [1.29, 1.82) is 0 Å². The number of hydrogen-bond donors (Lipinski definition) is 1. The van der Waals surface area contributed by atoms with Crippen LogP contribution in [0.1, 0.15) is 18.7 Å². The summed E-state index contributed by atoms with van der Waals surface area (Å²) in [4.78, 5) is 31.0. The second kappa shape index (κ2) is 7.75. The Balaban J connectivity index is 1.71. The smallest absolute Gasteiger partial charge is 0.274 e. The van der Waals surface area contributed by atoms with Crippen molar-refractivity contribution in [3.8, 4) is 5.75 Å². The number of fused-ring (bicyclic) bond motifs is 1. The van der Waals surface area contributed by atoms with E-state index in [1.165, 1.54) is 0 Å². The molecule has 8 nitrogen and oxygen atoms in total. The van der Waals surface area contributed by atoms with E-state index in [9.17, 15) is 9.59 Å². The first-order chi connectivity index (χ1) is 14.1. The van der Waals surface area contributed by atoms with Gasteiger partial charge in [0.25, 0.3) is 5.91 Å². The van der Waals surface area contributed by atoms with Gasteiger partial charge in [-0.1, -0.05) is 12.1 Å². The number of methoxy groups -OCH3 is 1. The van der Waals surface area contributed by atoms with Gasteiger partial charge in [0, 0.05) is 25.6 Å². The molecule has 1 aromatic heterocycles. The molecule has 0 saturated carbocycles. The number of nitrogens with one attached hydrogen (secondary N) is 1. The molecule has 2 heterocycles. The molecule has 0 radical (unpaired) electrons. The summed E-state index contributed by atoms with van der Waals surface area (Å²) in [7, 11) is 3.52. The van der Waals surface area contributed by atoms with Crippen molar-refractivity contribution in [2.75, 3.05) is 12.0 Å². The highest BCUT2D eigenvalue weighted by molar-refractivity contribution is 6.44. The number of benzene rings is 2. The van der Waals surface area contributed by atoms with Crippen molar-refractivity contribution in [3.05, 3.63) is 54.4 Å². The number of hydrogen-bond acceptors (Lipinski definition) is 5. The number of nitrogens with zero attached hydrogens (tertiary/aromatic N) is 4. The number of anilines is 1. The lowest BCUT2D eigenvalue weighted by atomic mass is 10.1. The molecule has 0 atom stereocenters. The predicted octanol–water partition coefficient (Wildman–Crippen LogP) is 2.38. The first kappa shape index (κ1) is 18.7. The van der Waals surface area contributed by atoms with Gasteiger partial charge in [0.2, 0.25) is 5.91 Å². The number of imidazole rings is 1. The Kier molecular flexibility index (Phi) is 4.99. The van der Waals surface area contributed by atoms with Crippen LogP contribution in [0, 0.1) is 0 Å². The number of aromatic nitrogens is 2. The molecule has 1 aliphatic rings. The molecule has 0 saturated heterocycles. The van der Waals surface area contributed by atoms with Gasteiger partial charge in [0.15, 0.2) is 0 Å². The van der Waals surface area contributed by atoms with Crippen LogP contribution in [0.15, 0.2) is 53.6 Å². The van der Waals surface area contributed by atoms with Crippen LogP contribution < -0.4 is 15.1 Å². The molecule has 4 rings (SSSR count). The van der Waals surface area contributed by atoms with Crippen molar-refractivity contribution in [3.63, 3.8) is 0 Å². The quantitative estimate of drug-likeness (QED) is 0.723. The molecule has 0 aliphatic carbocycles. The maximum Gasteiger partial charge on any atom is 0.274 e. The fourth-order valence-corrected chi connectivity index (χ4v) is 3.30. The van der Waals surface area contributed by atoms with Gasteiger partial charge in [0.1, 0.15) is 17.3 Å². The molecular weight excluding hydrogens is 370 g/mol. The molecule has 3 aromatic rings. The topological polar surface area (TPSA) is 88.8 Å². The number of carbonyl (C=O) groups excluding carboxylic acids is 2. The molecule has 1 N–H and O–H groups in total. The van der Waals surface area contributed by atoms with E-state index in [0.717, 1.165) is 16.9 Å². The van der Waals surface area contributed by atoms with Gasteiger partial charge in [0.05, 0.1) is 24.7 Å². The molecule has 0 unspecified atom stereocenters. The van der Waals surface area contributed by atoms with Crippen LogP contribution in [0.25, 0.3) is 11.0 Å². The van der Waals surface area contributed by atoms with Crippen molar-refractivity contribution in [1.82, 2.24) is 15.0 Å². The van der Waals surface area contributed by atoms with Crippen LogP contribution in [0.5, 0.6) is 5.75 Å². The summed E-state index contributed by atoms with van der Waals surface area (Å²) in [6.07, 6.45) is 0.549. The van der Waals surface area contributed by atoms with Crippen molar-refractivity contribution < 1.29 is 14.3 Å². The van der Waals surface area contributed by atoms with Gasteiger partial charge in [-0.25, -0.2) is 10.4 Å². The third kappa shape index (κ3) is 3.69. The fraction of sp³-hybridized carbons (Fsp3) is 0.238. The van der Waals surface area contributed by atoms with Gasteiger partial charge < -0.3 is 9.30 Å². The summed E-state index contributed by atoms with van der Waals surface area (Å²) in [5.41, 5.74) is 5.27. The van der Waals surface area contributed by atoms with E-state index in [1.54, 1.807) is 24.1 Å². The lowest BCUT2D eigenvalue weighted by Crippen LogP contribution is -2.40. The summed E-state index contributed by atoms with van der Waals surface area (Å²) in [6.45, 7) is 0.267. The highest BCUT2D eigenvalue weighted by Crippen LogP contribution is 2.24. The van der Waals surface area contributed by atoms with E-state index in [2.05, 4.69) is 15.5 Å². The summed E-state index contributed by atoms with van der Waals surface area (Å²) >= 11 is 0. The largest absolute Gasteiger partial charge is 0.497 e. The van der Waals surface area contributed by atoms with Crippen LogP contribution in [0.3, 0.4) is 0 Å². The van der Waals surface area contributed by atoms with E-state index in [1.807, 2.05) is 48.0 Å². The fourth-order valence-electron chi connectivity index (χ4n) is 3.30. The minimum Gasteiger partial charge on any atom is -0.497 e. The standard InChI is InChI=1S/C21H21N5O3/c1-25-18-6-4-3-5-16(18)22-19(25)13-26(14-7-9-15(29-2)10-8-14)21(28)17-11-12-20(27)24-23-17/h3-10H,11-13H2,1-2H3,(H,24,27). The number of hydrazone groups is 1. The first-order valence-corrected chi connectivity index (χ1v) is 9.28. The molecule has 8 heteroatoms. The van der Waals surface area contributed by atoms with Crippen LogP contribution in [0.2, 0.25) is 0 Å². The lowest BCUT2D eigenvalue weighted by molar-refractivity contribution is -0.121. The van der Waals surface area contributed by atoms with Crippen LogP contribution in [-0.4, -0.2) is 34.2 Å². The minimum absolute atomic E-state index is 0.187. The van der Waals surface area contributed by atoms with Gasteiger partial charge >= 0.3 is 0 Å². The van der Waals surface area contributed by atoms with E-state index < -0.39 is 0 Å². The highest BCUT2D eigenvalue weighted by Gasteiger charge is 2.26. The number of amides is 2. The Hall–Kier alpha value is -3.68. The Morgan fingerprint density at radius 1 is 1.17 bits per heavy atom. The number of aryl methyl sites for hydroxylation is 1.